The highest BCUT2D eigenvalue weighted by molar-refractivity contribution is 6.69. The SMILES string of the molecule is C[Si](C)(C)O[C@](C#N)(c1ccccc1)C1CCCCC1. The molecule has 0 saturated heterocycles. The summed E-state index contributed by atoms with van der Waals surface area (Å²) in [6.45, 7) is 6.51. The molecular weight excluding hydrogens is 262 g/mol. The molecule has 0 aromatic heterocycles. The first-order valence-corrected chi connectivity index (χ1v) is 11.1. The summed E-state index contributed by atoms with van der Waals surface area (Å²) in [5.74, 6) is 0.329. The molecule has 1 fully saturated rings. The lowest BCUT2D eigenvalue weighted by Crippen LogP contribution is -2.45. The fourth-order valence-electron chi connectivity index (χ4n) is 3.23. The molecule has 0 N–H and O–H groups in total. The minimum atomic E-state index is -1.80. The van der Waals surface area contributed by atoms with Crippen LogP contribution in [0, 0.1) is 17.2 Å². The Labute approximate surface area is 123 Å². The Bertz CT molecular complexity index is 468. The number of hydrogen-bond donors (Lipinski definition) is 0. The van der Waals surface area contributed by atoms with Gasteiger partial charge in [-0.3, -0.25) is 0 Å². The third kappa shape index (κ3) is 3.31. The van der Waals surface area contributed by atoms with Crippen LogP contribution in [0.3, 0.4) is 0 Å². The highest BCUT2D eigenvalue weighted by Crippen LogP contribution is 2.43. The molecule has 1 aromatic rings. The first-order chi connectivity index (χ1) is 9.48. The number of hydrogen-bond acceptors (Lipinski definition) is 2. The van der Waals surface area contributed by atoms with Crippen LogP contribution in [-0.2, 0) is 10.0 Å². The molecule has 0 bridgehead atoms. The standard InChI is InChI=1S/C17H25NOSi/c1-20(2,3)19-17(14-18,15-10-6-4-7-11-15)16-12-8-5-9-13-16/h4,6-7,10-11,16H,5,8-9,12-13H2,1-3H3/t17-/m1/s1. The van der Waals surface area contributed by atoms with Crippen LogP contribution in [0.2, 0.25) is 19.6 Å². The van der Waals surface area contributed by atoms with Crippen molar-refractivity contribution < 1.29 is 4.43 Å². The number of nitriles is 1. The lowest BCUT2D eigenvalue weighted by atomic mass is 9.74. The number of rotatable bonds is 4. The van der Waals surface area contributed by atoms with Gasteiger partial charge >= 0.3 is 0 Å². The molecule has 0 unspecified atom stereocenters. The van der Waals surface area contributed by atoms with Crippen molar-refractivity contribution in [3.8, 4) is 6.07 Å². The van der Waals surface area contributed by atoms with Crippen molar-refractivity contribution in [2.75, 3.05) is 0 Å². The van der Waals surface area contributed by atoms with E-state index in [0.717, 1.165) is 18.4 Å². The van der Waals surface area contributed by atoms with Crippen LogP contribution in [0.15, 0.2) is 30.3 Å². The van der Waals surface area contributed by atoms with Gasteiger partial charge in [0.1, 0.15) is 6.07 Å². The van der Waals surface area contributed by atoms with E-state index in [9.17, 15) is 5.26 Å². The van der Waals surface area contributed by atoms with Gasteiger partial charge in [-0.1, -0.05) is 49.6 Å². The Kier molecular flexibility index (Phi) is 4.67. The van der Waals surface area contributed by atoms with E-state index in [1.807, 2.05) is 18.2 Å². The molecule has 1 aliphatic carbocycles. The molecule has 0 radical (unpaired) electrons. The molecule has 1 atom stereocenters. The zero-order valence-corrected chi connectivity index (χ0v) is 13.9. The molecule has 3 heteroatoms. The Hall–Kier alpha value is -1.11. The van der Waals surface area contributed by atoms with E-state index < -0.39 is 13.9 Å². The van der Waals surface area contributed by atoms with Crippen LogP contribution >= 0.6 is 0 Å². The van der Waals surface area contributed by atoms with Gasteiger partial charge in [0.15, 0.2) is 13.9 Å². The van der Waals surface area contributed by atoms with Crippen LogP contribution in [0.25, 0.3) is 0 Å². The molecule has 0 spiro atoms. The number of nitrogens with zero attached hydrogens (tertiary/aromatic N) is 1. The first kappa shape index (κ1) is 15.3. The quantitative estimate of drug-likeness (QED) is 0.743. The number of benzene rings is 1. The van der Waals surface area contributed by atoms with E-state index >= 15 is 0 Å². The Balaban J connectivity index is 2.43. The van der Waals surface area contributed by atoms with Crippen LogP contribution in [0.5, 0.6) is 0 Å². The second kappa shape index (κ2) is 6.11. The fraction of sp³-hybridized carbons (Fsp3) is 0.588. The van der Waals surface area contributed by atoms with Gasteiger partial charge in [0.05, 0.1) is 0 Å². The van der Waals surface area contributed by atoms with Gasteiger partial charge in [-0.15, -0.1) is 0 Å². The van der Waals surface area contributed by atoms with E-state index in [-0.39, 0.29) is 0 Å². The van der Waals surface area contributed by atoms with E-state index in [1.165, 1.54) is 19.3 Å². The van der Waals surface area contributed by atoms with Crippen molar-refractivity contribution in [2.24, 2.45) is 5.92 Å². The summed E-state index contributed by atoms with van der Waals surface area (Å²) in [5.41, 5.74) is 0.295. The van der Waals surface area contributed by atoms with Crippen LogP contribution in [0.1, 0.15) is 37.7 Å². The maximum Gasteiger partial charge on any atom is 0.186 e. The summed E-state index contributed by atoms with van der Waals surface area (Å²) in [5, 5.41) is 9.99. The largest absolute Gasteiger partial charge is 0.396 e. The molecule has 1 aliphatic rings. The zero-order valence-electron chi connectivity index (χ0n) is 12.9. The summed E-state index contributed by atoms with van der Waals surface area (Å²) in [7, 11) is -1.80. The average molecular weight is 287 g/mol. The molecule has 20 heavy (non-hydrogen) atoms. The van der Waals surface area contributed by atoms with Crippen molar-refractivity contribution in [1.82, 2.24) is 0 Å². The monoisotopic (exact) mass is 287 g/mol. The lowest BCUT2D eigenvalue weighted by molar-refractivity contribution is 0.0317. The third-order valence-corrected chi connectivity index (χ3v) is 4.95. The molecule has 108 valence electrons. The molecular formula is C17H25NOSi. The summed E-state index contributed by atoms with van der Waals surface area (Å²) in [4.78, 5) is 0. The van der Waals surface area contributed by atoms with Gasteiger partial charge in [-0.05, 0) is 38.0 Å². The minimum absolute atomic E-state index is 0.329. The van der Waals surface area contributed by atoms with Gasteiger partial charge in [-0.25, -0.2) is 0 Å². The van der Waals surface area contributed by atoms with E-state index in [1.54, 1.807) is 0 Å². The predicted molar refractivity (Wildman–Crippen MR) is 84.7 cm³/mol. The second-order valence-corrected chi connectivity index (χ2v) is 11.2. The first-order valence-electron chi connectivity index (χ1n) is 7.65. The van der Waals surface area contributed by atoms with Gasteiger partial charge < -0.3 is 4.43 Å². The minimum Gasteiger partial charge on any atom is -0.396 e. The normalized spacial score (nSPS) is 20.1. The van der Waals surface area contributed by atoms with Crippen molar-refractivity contribution in [1.29, 1.82) is 5.26 Å². The van der Waals surface area contributed by atoms with Crippen molar-refractivity contribution >= 4 is 8.32 Å². The second-order valence-electron chi connectivity index (χ2n) is 6.76. The maximum absolute atomic E-state index is 9.99. The molecule has 2 nitrogen and oxygen atoms in total. The molecule has 0 aliphatic heterocycles. The molecule has 1 aromatic carbocycles. The van der Waals surface area contributed by atoms with Crippen molar-refractivity contribution in [3.63, 3.8) is 0 Å². The topological polar surface area (TPSA) is 33.0 Å². The van der Waals surface area contributed by atoms with Crippen LogP contribution in [-0.4, -0.2) is 8.32 Å². The Morgan fingerprint density at radius 1 is 1.10 bits per heavy atom. The van der Waals surface area contributed by atoms with Crippen molar-refractivity contribution in [3.05, 3.63) is 35.9 Å². The van der Waals surface area contributed by atoms with Crippen LogP contribution < -0.4 is 0 Å². The highest BCUT2D eigenvalue weighted by Gasteiger charge is 2.45. The Morgan fingerprint density at radius 2 is 1.70 bits per heavy atom. The smallest absolute Gasteiger partial charge is 0.186 e. The molecule has 0 amide bonds. The molecule has 1 saturated carbocycles. The zero-order chi connectivity index (χ0) is 14.6. The highest BCUT2D eigenvalue weighted by atomic mass is 28.4. The average Bonchev–Trinajstić information content (AvgIpc) is 2.46. The predicted octanol–water partition coefficient (Wildman–Crippen LogP) is 4.84. The van der Waals surface area contributed by atoms with E-state index in [0.29, 0.717) is 5.92 Å². The van der Waals surface area contributed by atoms with Gasteiger partial charge in [0, 0.05) is 5.92 Å². The van der Waals surface area contributed by atoms with Crippen LogP contribution in [0.4, 0.5) is 0 Å². The molecule has 0 heterocycles. The Morgan fingerprint density at radius 3 is 2.20 bits per heavy atom. The molecule has 2 rings (SSSR count). The summed E-state index contributed by atoms with van der Waals surface area (Å²) in [6.07, 6.45) is 5.94. The maximum atomic E-state index is 9.99. The van der Waals surface area contributed by atoms with Gasteiger partial charge in [0.25, 0.3) is 0 Å². The summed E-state index contributed by atoms with van der Waals surface area (Å²) >= 11 is 0. The third-order valence-electron chi connectivity index (χ3n) is 4.02. The summed E-state index contributed by atoms with van der Waals surface area (Å²) in [6, 6.07) is 12.7. The van der Waals surface area contributed by atoms with Crippen molar-refractivity contribution in [2.45, 2.75) is 57.3 Å². The van der Waals surface area contributed by atoms with E-state index in [2.05, 4.69) is 37.8 Å². The van der Waals surface area contributed by atoms with Gasteiger partial charge in [0.2, 0.25) is 0 Å². The fourth-order valence-corrected chi connectivity index (χ4v) is 4.53. The van der Waals surface area contributed by atoms with E-state index in [4.69, 9.17) is 4.43 Å². The lowest BCUT2D eigenvalue weighted by Gasteiger charge is -2.41. The van der Waals surface area contributed by atoms with Gasteiger partial charge in [-0.2, -0.15) is 5.26 Å². The summed E-state index contributed by atoms with van der Waals surface area (Å²) < 4.78 is 6.48.